The van der Waals surface area contributed by atoms with Gasteiger partial charge >= 0.3 is 0 Å². The molecule has 8 nitrogen and oxygen atoms in total. The minimum Gasteiger partial charge on any atom is -0.506 e. The highest BCUT2D eigenvalue weighted by molar-refractivity contribution is 7.88. The Morgan fingerprint density at radius 3 is 1.94 bits per heavy atom. The van der Waals surface area contributed by atoms with E-state index in [2.05, 4.69) is 20.8 Å². The summed E-state index contributed by atoms with van der Waals surface area (Å²) < 4.78 is 21.7. The number of hydrazone groups is 1. The van der Waals surface area contributed by atoms with Crippen LogP contribution in [0.5, 0.6) is 5.75 Å². The highest BCUT2D eigenvalue weighted by Gasteiger charge is 2.04. The van der Waals surface area contributed by atoms with Gasteiger partial charge in [0.2, 0.25) is 15.9 Å². The van der Waals surface area contributed by atoms with Gasteiger partial charge in [-0.05, 0) is 24.3 Å². The van der Waals surface area contributed by atoms with E-state index in [9.17, 15) is 13.5 Å². The number of phenolic OH excluding ortho intramolecular Hbond substituents is 1. The molecule has 0 amide bonds. The van der Waals surface area contributed by atoms with Crippen LogP contribution in [-0.4, -0.2) is 44.0 Å². The number of azo groups is 1. The van der Waals surface area contributed by atoms with E-state index in [1.54, 1.807) is 24.3 Å². The third-order valence-corrected chi connectivity index (χ3v) is 5.22. The van der Waals surface area contributed by atoms with Gasteiger partial charge in [-0.15, -0.1) is 10.2 Å². The van der Waals surface area contributed by atoms with Gasteiger partial charge in [-0.3, -0.25) is 5.43 Å². The normalized spacial score (nSPS) is 11.8. The molecule has 0 unspecified atom stereocenters. The summed E-state index contributed by atoms with van der Waals surface area (Å²) in [6.07, 6.45) is 1.16. The van der Waals surface area contributed by atoms with Crippen LogP contribution < -0.4 is 5.43 Å². The van der Waals surface area contributed by atoms with Crippen LogP contribution in [-0.2, 0) is 10.0 Å². The molecular formula is C22H25N5O3S. The summed E-state index contributed by atoms with van der Waals surface area (Å²) in [5.74, 6) is 0.493. The molecular weight excluding hydrogens is 414 g/mol. The van der Waals surface area contributed by atoms with E-state index in [1.807, 2.05) is 60.7 Å². The first-order valence-electron chi connectivity index (χ1n) is 9.29. The van der Waals surface area contributed by atoms with Crippen LogP contribution in [0.2, 0.25) is 0 Å². The van der Waals surface area contributed by atoms with Crippen molar-refractivity contribution in [1.29, 1.82) is 0 Å². The molecule has 0 aliphatic carbocycles. The average Bonchev–Trinajstić information content (AvgIpc) is 2.76. The molecule has 0 bridgehead atoms. The van der Waals surface area contributed by atoms with Crippen molar-refractivity contribution in [2.75, 3.05) is 25.8 Å². The van der Waals surface area contributed by atoms with E-state index in [0.29, 0.717) is 11.5 Å². The number of sulfonamides is 1. The Labute approximate surface area is 182 Å². The monoisotopic (exact) mass is 439 g/mol. The number of aromatic hydroxyl groups is 1. The predicted octanol–water partition coefficient (Wildman–Crippen LogP) is 4.46. The number of nitrogens with zero attached hydrogens (tertiary/aromatic N) is 4. The minimum atomic E-state index is -2.91. The van der Waals surface area contributed by atoms with Crippen molar-refractivity contribution in [2.24, 2.45) is 15.3 Å². The van der Waals surface area contributed by atoms with E-state index in [-0.39, 0.29) is 5.75 Å². The summed E-state index contributed by atoms with van der Waals surface area (Å²) in [5, 5.41) is 22.4. The molecule has 3 aromatic rings. The van der Waals surface area contributed by atoms with Crippen molar-refractivity contribution in [3.8, 4) is 5.75 Å². The second-order valence-electron chi connectivity index (χ2n) is 6.51. The SMILES string of the molecule is CN(C)S(C)(=O)=O.Oc1ccccc1N=N/C(=N/Nc1ccccc1)c1ccccc1. The maximum absolute atomic E-state index is 10.3. The number of benzene rings is 3. The van der Waals surface area contributed by atoms with E-state index in [1.165, 1.54) is 14.1 Å². The summed E-state index contributed by atoms with van der Waals surface area (Å²) in [7, 11) is 0.0833. The smallest absolute Gasteiger partial charge is 0.210 e. The molecule has 0 atom stereocenters. The third kappa shape index (κ3) is 8.37. The minimum absolute atomic E-state index is 0.0738. The van der Waals surface area contributed by atoms with E-state index in [4.69, 9.17) is 0 Å². The van der Waals surface area contributed by atoms with Gasteiger partial charge < -0.3 is 5.11 Å². The number of hydrogen-bond acceptors (Lipinski definition) is 6. The number of anilines is 1. The lowest BCUT2D eigenvalue weighted by Crippen LogP contribution is -2.19. The maximum Gasteiger partial charge on any atom is 0.210 e. The molecule has 3 aromatic carbocycles. The molecule has 0 saturated heterocycles. The molecule has 0 radical (unpaired) electrons. The van der Waals surface area contributed by atoms with Crippen LogP contribution in [0.4, 0.5) is 11.4 Å². The Balaban J connectivity index is 0.000000423. The fourth-order valence-electron chi connectivity index (χ4n) is 2.01. The van der Waals surface area contributed by atoms with Gasteiger partial charge in [-0.2, -0.15) is 5.10 Å². The zero-order chi connectivity index (χ0) is 22.7. The molecule has 0 aliphatic heterocycles. The topological polar surface area (TPSA) is 107 Å². The zero-order valence-electron chi connectivity index (χ0n) is 17.5. The first-order chi connectivity index (χ1) is 14.8. The molecule has 31 heavy (non-hydrogen) atoms. The Hall–Kier alpha value is -3.56. The highest BCUT2D eigenvalue weighted by Crippen LogP contribution is 2.25. The molecule has 0 heterocycles. The van der Waals surface area contributed by atoms with Crippen LogP contribution in [0.25, 0.3) is 0 Å². The Bertz CT molecular complexity index is 1120. The molecule has 3 rings (SSSR count). The Morgan fingerprint density at radius 2 is 1.39 bits per heavy atom. The quantitative estimate of drug-likeness (QED) is 0.265. The van der Waals surface area contributed by atoms with E-state index < -0.39 is 10.0 Å². The van der Waals surface area contributed by atoms with Crippen LogP contribution in [0.3, 0.4) is 0 Å². The Morgan fingerprint density at radius 1 is 0.871 bits per heavy atom. The number of amidine groups is 1. The fraction of sp³-hybridized carbons (Fsp3) is 0.136. The largest absolute Gasteiger partial charge is 0.506 e. The number of phenols is 1. The summed E-state index contributed by atoms with van der Waals surface area (Å²) in [6, 6.07) is 25.9. The third-order valence-electron chi connectivity index (χ3n) is 3.89. The average molecular weight is 440 g/mol. The van der Waals surface area contributed by atoms with Gasteiger partial charge in [-0.25, -0.2) is 12.7 Å². The number of rotatable bonds is 5. The van der Waals surface area contributed by atoms with Crippen molar-refractivity contribution >= 4 is 27.2 Å². The first kappa shape index (κ1) is 23.7. The first-order valence-corrected chi connectivity index (χ1v) is 11.1. The van der Waals surface area contributed by atoms with Gasteiger partial charge in [-0.1, -0.05) is 60.7 Å². The standard InChI is InChI=1S/C19H16N4O.C3H9NO2S/c24-18-14-8-7-13-17(18)21-23-19(15-9-3-1-4-10-15)22-20-16-11-5-2-6-12-16;1-4(2)7(3,5)6/h1-14,20,24H;1-3H3/b22-19+,23-21?;. The molecule has 0 fully saturated rings. The van der Waals surface area contributed by atoms with Crippen molar-refractivity contribution in [2.45, 2.75) is 0 Å². The van der Waals surface area contributed by atoms with Gasteiger partial charge in [0.25, 0.3) is 0 Å². The lowest BCUT2D eigenvalue weighted by Gasteiger charge is -2.03. The van der Waals surface area contributed by atoms with Crippen LogP contribution in [0, 0.1) is 0 Å². The van der Waals surface area contributed by atoms with Gasteiger partial charge in [0.05, 0.1) is 11.9 Å². The van der Waals surface area contributed by atoms with Crippen LogP contribution in [0.1, 0.15) is 5.56 Å². The zero-order valence-corrected chi connectivity index (χ0v) is 18.4. The second kappa shape index (κ2) is 11.6. The highest BCUT2D eigenvalue weighted by atomic mass is 32.2. The lowest BCUT2D eigenvalue weighted by atomic mass is 10.2. The summed E-state index contributed by atoms with van der Waals surface area (Å²) in [6.45, 7) is 0. The molecule has 0 saturated carbocycles. The van der Waals surface area contributed by atoms with Crippen molar-refractivity contribution in [3.63, 3.8) is 0 Å². The Kier molecular flexibility index (Phi) is 8.86. The van der Waals surface area contributed by atoms with Crippen molar-refractivity contribution in [3.05, 3.63) is 90.5 Å². The molecule has 0 spiro atoms. The van der Waals surface area contributed by atoms with Crippen LogP contribution in [0.15, 0.2) is 100 Å². The molecule has 0 aromatic heterocycles. The fourth-order valence-corrected chi connectivity index (χ4v) is 2.01. The van der Waals surface area contributed by atoms with E-state index in [0.717, 1.165) is 21.8 Å². The summed E-state index contributed by atoms with van der Waals surface area (Å²) in [4.78, 5) is 0. The number of nitrogens with one attached hydrogen (secondary N) is 1. The molecule has 9 heteroatoms. The number of hydrogen-bond donors (Lipinski definition) is 2. The number of para-hydroxylation sites is 2. The maximum atomic E-state index is 10.3. The van der Waals surface area contributed by atoms with Gasteiger partial charge in [0, 0.05) is 19.7 Å². The lowest BCUT2D eigenvalue weighted by molar-refractivity contribution is 0.476. The van der Waals surface area contributed by atoms with Crippen molar-refractivity contribution < 1.29 is 13.5 Å². The second-order valence-corrected chi connectivity index (χ2v) is 8.71. The predicted molar refractivity (Wildman–Crippen MR) is 124 cm³/mol. The van der Waals surface area contributed by atoms with Gasteiger partial charge in [0.15, 0.2) is 0 Å². The van der Waals surface area contributed by atoms with Crippen molar-refractivity contribution in [1.82, 2.24) is 4.31 Å². The van der Waals surface area contributed by atoms with E-state index >= 15 is 0 Å². The van der Waals surface area contributed by atoms with Gasteiger partial charge in [0.1, 0.15) is 11.4 Å². The molecule has 162 valence electrons. The molecule has 2 N–H and O–H groups in total. The molecule has 0 aliphatic rings. The summed E-state index contributed by atoms with van der Waals surface area (Å²) >= 11 is 0. The summed E-state index contributed by atoms with van der Waals surface area (Å²) in [5.41, 5.74) is 5.03. The van der Waals surface area contributed by atoms with Crippen LogP contribution >= 0.6 is 0 Å².